The second-order valence-corrected chi connectivity index (χ2v) is 13.4. The summed E-state index contributed by atoms with van der Waals surface area (Å²) in [5.41, 5.74) is 20.1. The van der Waals surface area contributed by atoms with Crippen molar-refractivity contribution in [2.75, 3.05) is 0 Å². The molecule has 0 spiro atoms. The van der Waals surface area contributed by atoms with Crippen LogP contribution in [0.5, 0.6) is 0 Å². The van der Waals surface area contributed by atoms with Crippen LogP contribution in [0.25, 0.3) is 16.9 Å². The van der Waals surface area contributed by atoms with E-state index < -0.39 is 0 Å². The molecular formula is C42H50N2Ni. The van der Waals surface area contributed by atoms with Gasteiger partial charge in [-0.15, -0.1) is 0 Å². The second kappa shape index (κ2) is 18.4. The van der Waals surface area contributed by atoms with Gasteiger partial charge in [-0.05, 0) is 61.1 Å². The summed E-state index contributed by atoms with van der Waals surface area (Å²) in [5, 5.41) is 0. The minimum atomic E-state index is 0.855. The van der Waals surface area contributed by atoms with Gasteiger partial charge in [0.2, 0.25) is 11.4 Å². The van der Waals surface area contributed by atoms with Gasteiger partial charge in [-0.1, -0.05) is 76.6 Å². The van der Waals surface area contributed by atoms with E-state index in [0.29, 0.717) is 0 Å². The van der Waals surface area contributed by atoms with Crippen LogP contribution in [0.4, 0.5) is 0 Å². The van der Waals surface area contributed by atoms with E-state index in [9.17, 15) is 5.53 Å². The average Bonchev–Trinajstić information content (AvgIpc) is 3.45. The number of benzene rings is 4. The summed E-state index contributed by atoms with van der Waals surface area (Å²) >= 11 is 1.61. The molecule has 1 heterocycles. The van der Waals surface area contributed by atoms with Gasteiger partial charge in [0.25, 0.3) is 0 Å². The zero-order valence-corrected chi connectivity index (χ0v) is 28.7. The van der Waals surface area contributed by atoms with Crippen molar-refractivity contribution in [1.82, 2.24) is 0 Å². The number of hydrogen-bond acceptors (Lipinski definition) is 0. The summed E-state index contributed by atoms with van der Waals surface area (Å²) in [6.45, 7) is 8.72. The topological polar surface area (TPSA) is 25.3 Å². The molecule has 45 heavy (non-hydrogen) atoms. The fourth-order valence-electron chi connectivity index (χ4n) is 5.41. The average molecular weight is 642 g/mol. The van der Waals surface area contributed by atoms with Gasteiger partial charge in [0.1, 0.15) is 0 Å². The number of aryl methyl sites for hydroxylation is 4. The minimum absolute atomic E-state index is 0.855. The normalized spacial score (nSPS) is 12.5. The summed E-state index contributed by atoms with van der Waals surface area (Å²) in [7, 11) is 0. The van der Waals surface area contributed by atoms with E-state index in [1.54, 1.807) is 14.4 Å². The molecule has 0 radical (unpaired) electrons. The SMILES string of the molecule is CCCCCCc1cccc(C2=CC=C(c3cccc(CCCCCC)c3)[N+]2=[N-])c1.Cc1cc[c]([Ni][c]2ccc(C)cc2)cc1. The Morgan fingerprint density at radius 3 is 1.36 bits per heavy atom. The summed E-state index contributed by atoms with van der Waals surface area (Å²) in [4.78, 5) is 0. The number of allylic oxidation sites excluding steroid dienone is 2. The van der Waals surface area contributed by atoms with Crippen molar-refractivity contribution < 1.29 is 19.1 Å². The van der Waals surface area contributed by atoms with Crippen LogP contribution in [0, 0.1) is 13.8 Å². The maximum atomic E-state index is 10.9. The zero-order valence-electron chi connectivity index (χ0n) is 27.7. The fraction of sp³-hybridized carbons (Fsp3) is 0.333. The summed E-state index contributed by atoms with van der Waals surface area (Å²) < 4.78 is 3.99. The molecule has 3 heteroatoms. The molecule has 1 aliphatic rings. The number of hydrogen-bond donors (Lipinski definition) is 0. The van der Waals surface area contributed by atoms with Crippen LogP contribution in [-0.2, 0) is 27.3 Å². The monoisotopic (exact) mass is 640 g/mol. The molecule has 0 N–H and O–H groups in total. The van der Waals surface area contributed by atoms with Gasteiger partial charge in [-0.25, -0.2) is 4.70 Å². The Kier molecular flexibility index (Phi) is 14.1. The van der Waals surface area contributed by atoms with Crippen molar-refractivity contribution in [2.24, 2.45) is 0 Å². The maximum absolute atomic E-state index is 10.9. The Labute approximate surface area is 278 Å². The molecule has 4 aromatic rings. The van der Waals surface area contributed by atoms with Gasteiger partial charge in [0, 0.05) is 23.3 Å². The molecule has 0 unspecified atom stereocenters. The van der Waals surface area contributed by atoms with Crippen LogP contribution < -0.4 is 9.07 Å². The number of rotatable bonds is 14. The first-order valence-corrected chi connectivity index (χ1v) is 17.8. The van der Waals surface area contributed by atoms with Gasteiger partial charge >= 0.3 is 97.0 Å². The molecule has 0 amide bonds. The van der Waals surface area contributed by atoms with Crippen molar-refractivity contribution in [3.63, 3.8) is 0 Å². The van der Waals surface area contributed by atoms with Gasteiger partial charge in [-0.3, -0.25) is 0 Å². The quantitative estimate of drug-likeness (QED) is 0.0744. The molecule has 1 aliphatic heterocycles. The van der Waals surface area contributed by atoms with Crippen LogP contribution in [-0.4, -0.2) is 4.70 Å². The predicted octanol–water partition coefficient (Wildman–Crippen LogP) is 10.7. The molecule has 0 fully saturated rings. The number of nitrogens with zero attached hydrogens (tertiary/aromatic N) is 2. The van der Waals surface area contributed by atoms with E-state index in [0.717, 1.165) is 35.4 Å². The van der Waals surface area contributed by atoms with E-state index in [-0.39, 0.29) is 0 Å². The third-order valence-electron chi connectivity index (χ3n) is 8.10. The van der Waals surface area contributed by atoms with Gasteiger partial charge in [0.05, 0.1) is 0 Å². The van der Waals surface area contributed by atoms with Crippen molar-refractivity contribution in [3.05, 3.63) is 148 Å². The molecule has 4 aromatic carbocycles. The molecule has 0 saturated carbocycles. The first-order valence-electron chi connectivity index (χ1n) is 16.8. The van der Waals surface area contributed by atoms with Gasteiger partial charge in [-0.2, -0.15) is 0 Å². The first-order chi connectivity index (χ1) is 22.0. The molecule has 0 aromatic heterocycles. The second-order valence-electron chi connectivity index (χ2n) is 12.0. The van der Waals surface area contributed by atoms with Crippen molar-refractivity contribution in [2.45, 2.75) is 91.9 Å². The summed E-state index contributed by atoms with van der Waals surface area (Å²) in [5.74, 6) is 0. The standard InChI is InChI=1S/C28H36N2.2C7H7.Ni/c1-3-5-7-9-13-23-15-11-17-25(21-23)27-19-20-28(30(27)29)26-18-12-16-24(22-26)14-10-8-6-4-2;2*1-7-5-3-2-4-6-7;/h11-12,15-22H,3-10,13-14H2,1-2H3;2*3-6H,1H3;. The van der Waals surface area contributed by atoms with Gasteiger partial charge < -0.3 is 5.53 Å². The van der Waals surface area contributed by atoms with Crippen molar-refractivity contribution in [1.29, 1.82) is 0 Å². The molecular weight excluding hydrogens is 591 g/mol. The fourth-order valence-corrected chi connectivity index (χ4v) is 6.39. The summed E-state index contributed by atoms with van der Waals surface area (Å²) in [6, 6.07) is 34.6. The Balaban J connectivity index is 0.000000256. The Morgan fingerprint density at radius 2 is 0.956 bits per heavy atom. The van der Waals surface area contributed by atoms with E-state index in [1.807, 2.05) is 12.2 Å². The third-order valence-corrected chi connectivity index (χ3v) is 9.33. The molecule has 0 aliphatic carbocycles. The van der Waals surface area contributed by atoms with E-state index >= 15 is 0 Å². The molecule has 238 valence electrons. The van der Waals surface area contributed by atoms with Crippen LogP contribution in [0.15, 0.2) is 109 Å². The molecule has 5 rings (SSSR count). The predicted molar refractivity (Wildman–Crippen MR) is 190 cm³/mol. The first kappa shape index (κ1) is 34.3. The zero-order chi connectivity index (χ0) is 31.9. The van der Waals surface area contributed by atoms with E-state index in [1.165, 1.54) is 87.4 Å². The van der Waals surface area contributed by atoms with E-state index in [2.05, 4.69) is 125 Å². The summed E-state index contributed by atoms with van der Waals surface area (Å²) in [6.07, 6.45) is 16.4. The van der Waals surface area contributed by atoms with Crippen LogP contribution in [0.3, 0.4) is 0 Å². The van der Waals surface area contributed by atoms with Crippen LogP contribution in [0.1, 0.15) is 98.6 Å². The van der Waals surface area contributed by atoms with Gasteiger partial charge in [0.15, 0.2) is 0 Å². The molecule has 0 saturated heterocycles. The molecule has 0 bridgehead atoms. The van der Waals surface area contributed by atoms with Crippen molar-refractivity contribution in [3.8, 4) is 0 Å². The Hall–Kier alpha value is -3.55. The Bertz CT molecular complexity index is 1440. The Morgan fingerprint density at radius 1 is 0.533 bits per heavy atom. The third kappa shape index (κ3) is 11.1. The van der Waals surface area contributed by atoms with Crippen LogP contribution in [0.2, 0.25) is 0 Å². The van der Waals surface area contributed by atoms with E-state index in [4.69, 9.17) is 0 Å². The molecule has 2 nitrogen and oxygen atoms in total. The molecule has 0 atom stereocenters. The number of unbranched alkanes of at least 4 members (excludes halogenated alkanes) is 6. The van der Waals surface area contributed by atoms with Crippen molar-refractivity contribution >= 4 is 20.5 Å². The van der Waals surface area contributed by atoms with Crippen LogP contribution >= 0.6 is 0 Å².